The molecule has 1 heterocycles. The molecule has 0 aliphatic carbocycles. The van der Waals surface area contributed by atoms with Gasteiger partial charge in [-0.15, -0.1) is 0 Å². The smallest absolute Gasteiger partial charge is 0.128 e. The van der Waals surface area contributed by atoms with Crippen LogP contribution in [0.15, 0.2) is 60.8 Å². The number of hydrogen-bond acceptors (Lipinski definition) is 3. The highest BCUT2D eigenvalue weighted by Gasteiger charge is 2.38. The number of nitrogens with one attached hydrogen (secondary N) is 1. The summed E-state index contributed by atoms with van der Waals surface area (Å²) in [6, 6.07) is 18.4. The van der Waals surface area contributed by atoms with E-state index < -0.39 is 5.41 Å². The topological polar surface area (TPSA) is 79.1 Å². The van der Waals surface area contributed by atoms with E-state index in [1.165, 1.54) is 0 Å². The highest BCUT2D eigenvalue weighted by atomic mass is 16.3. The van der Waals surface area contributed by atoms with Crippen LogP contribution in [-0.4, -0.2) is 23.0 Å². The highest BCUT2D eigenvalue weighted by Crippen LogP contribution is 2.36. The molecule has 0 aliphatic heterocycles. The van der Waals surface area contributed by atoms with Crippen molar-refractivity contribution in [2.75, 3.05) is 6.61 Å². The van der Waals surface area contributed by atoms with Crippen LogP contribution >= 0.6 is 0 Å². The molecule has 1 radical (unpaired) electrons. The Balaban J connectivity index is 1.83. The number of H-pyrrole nitrogens is 1. The molecule has 0 amide bonds. The molecule has 2 atom stereocenters. The summed E-state index contributed by atoms with van der Waals surface area (Å²) in [5, 5.41) is 11.0. The maximum Gasteiger partial charge on any atom is 0.128 e. The molecule has 0 saturated carbocycles. The van der Waals surface area contributed by atoms with Gasteiger partial charge in [0.15, 0.2) is 0 Å². The highest BCUT2D eigenvalue weighted by molar-refractivity contribution is 5.83. The van der Waals surface area contributed by atoms with Gasteiger partial charge in [0.2, 0.25) is 0 Å². The Bertz CT molecular complexity index is 859. The number of nitrogens with two attached hydrogens (primary N) is 1. The first-order valence-corrected chi connectivity index (χ1v) is 8.86. The molecule has 4 heteroatoms. The van der Waals surface area contributed by atoms with E-state index in [2.05, 4.69) is 4.98 Å². The molecule has 0 fully saturated rings. The number of hydrogen-bond donors (Lipinski definition) is 3. The Labute approximate surface area is 154 Å². The Morgan fingerprint density at radius 3 is 2.58 bits per heavy atom. The number of fused-ring (bicyclic) bond motifs is 1. The number of carbonyl (C=O) groups is 1. The molecule has 0 saturated heterocycles. The minimum atomic E-state index is -0.840. The van der Waals surface area contributed by atoms with E-state index in [-0.39, 0.29) is 12.5 Å². The normalized spacial score (nSPS) is 15.1. The number of aromatic nitrogens is 1. The summed E-state index contributed by atoms with van der Waals surface area (Å²) in [5.41, 5.74) is 8.78. The molecule has 0 aliphatic rings. The lowest BCUT2D eigenvalue weighted by atomic mass is 9.72. The van der Waals surface area contributed by atoms with Crippen LogP contribution in [0.3, 0.4) is 0 Å². The van der Waals surface area contributed by atoms with Crippen molar-refractivity contribution in [1.29, 1.82) is 0 Å². The lowest BCUT2D eigenvalue weighted by molar-refractivity contribution is -0.115. The second-order valence-corrected chi connectivity index (χ2v) is 7.10. The monoisotopic (exact) mass is 349 g/mol. The summed E-state index contributed by atoms with van der Waals surface area (Å²) in [4.78, 5) is 15.3. The number of aliphatic hydroxyl groups is 1. The number of aldehydes is 1. The molecular weight excluding hydrogens is 324 g/mol. The Morgan fingerprint density at radius 1 is 1.19 bits per heavy atom. The van der Waals surface area contributed by atoms with Crippen LogP contribution in [0.4, 0.5) is 0 Å². The van der Waals surface area contributed by atoms with Gasteiger partial charge < -0.3 is 20.6 Å². The Morgan fingerprint density at radius 2 is 1.88 bits per heavy atom. The number of benzene rings is 2. The third-order valence-corrected chi connectivity index (χ3v) is 5.14. The van der Waals surface area contributed by atoms with Gasteiger partial charge in [0, 0.05) is 35.0 Å². The van der Waals surface area contributed by atoms with Gasteiger partial charge in [0.25, 0.3) is 0 Å². The zero-order chi connectivity index (χ0) is 18.6. The van der Waals surface area contributed by atoms with Crippen molar-refractivity contribution in [2.45, 2.75) is 19.8 Å². The zero-order valence-electron chi connectivity index (χ0n) is 15.0. The fourth-order valence-electron chi connectivity index (χ4n) is 3.52. The van der Waals surface area contributed by atoms with Gasteiger partial charge in [-0.3, -0.25) is 0 Å². The molecule has 0 spiro atoms. The molecule has 3 rings (SSSR count). The summed E-state index contributed by atoms with van der Waals surface area (Å²) in [6.45, 7) is 1.77. The van der Waals surface area contributed by atoms with Crippen LogP contribution in [0.1, 0.15) is 18.1 Å². The first-order chi connectivity index (χ1) is 12.6. The minimum absolute atomic E-state index is 0.0853. The molecule has 1 aromatic heterocycles. The van der Waals surface area contributed by atoms with Gasteiger partial charge >= 0.3 is 0 Å². The molecule has 4 nitrogen and oxygen atoms in total. The minimum Gasteiger partial charge on any atom is -0.396 e. The molecule has 135 valence electrons. The van der Waals surface area contributed by atoms with Crippen molar-refractivity contribution < 1.29 is 9.90 Å². The third kappa shape index (κ3) is 3.71. The molecule has 0 bridgehead atoms. The fourth-order valence-corrected chi connectivity index (χ4v) is 3.52. The van der Waals surface area contributed by atoms with Gasteiger partial charge in [0.1, 0.15) is 6.29 Å². The van der Waals surface area contributed by atoms with Crippen LogP contribution < -0.4 is 5.73 Å². The van der Waals surface area contributed by atoms with E-state index in [0.29, 0.717) is 18.9 Å². The Kier molecular flexibility index (Phi) is 5.55. The SMILES string of the molecule is CC(C=O)(Cc1c[nH]c2ccccc12)[C](N)[C@H](CO)Cc1ccccc1. The maximum absolute atomic E-state index is 12.0. The predicted octanol–water partition coefficient (Wildman–Crippen LogP) is 3.26. The maximum atomic E-state index is 12.0. The van der Waals surface area contributed by atoms with E-state index in [4.69, 9.17) is 5.73 Å². The van der Waals surface area contributed by atoms with Crippen molar-refractivity contribution in [3.8, 4) is 0 Å². The molecular formula is C22H25N2O2. The quantitative estimate of drug-likeness (QED) is 0.546. The summed E-state index contributed by atoms with van der Waals surface area (Å²) >= 11 is 0. The standard InChI is InChI=1S/C22H25N2O2/c1-22(15-26,12-18-13-24-20-10-6-5-9-19(18)20)21(23)17(14-25)11-16-7-3-2-4-8-16/h2-10,13,15,17,24-25H,11-12,14,23H2,1H3/t17-,22?/m0/s1. The van der Waals surface area contributed by atoms with Crippen molar-refractivity contribution in [3.05, 3.63) is 78.0 Å². The van der Waals surface area contributed by atoms with Gasteiger partial charge in [-0.25, -0.2) is 0 Å². The van der Waals surface area contributed by atoms with Crippen molar-refractivity contribution in [2.24, 2.45) is 17.1 Å². The van der Waals surface area contributed by atoms with Crippen LogP contribution in [0.2, 0.25) is 0 Å². The van der Waals surface area contributed by atoms with E-state index >= 15 is 0 Å². The lowest BCUT2D eigenvalue weighted by Gasteiger charge is -2.34. The van der Waals surface area contributed by atoms with Gasteiger partial charge in [-0.05, 0) is 30.0 Å². The summed E-state index contributed by atoms with van der Waals surface area (Å²) in [6.07, 6.45) is 3.96. The lowest BCUT2D eigenvalue weighted by Crippen LogP contribution is -2.42. The van der Waals surface area contributed by atoms with E-state index in [1.54, 1.807) is 0 Å². The van der Waals surface area contributed by atoms with Gasteiger partial charge in [-0.2, -0.15) is 0 Å². The van der Waals surface area contributed by atoms with Crippen molar-refractivity contribution in [3.63, 3.8) is 0 Å². The summed E-state index contributed by atoms with van der Waals surface area (Å²) in [5.74, 6) is -0.266. The van der Waals surface area contributed by atoms with E-state index in [0.717, 1.165) is 28.3 Å². The van der Waals surface area contributed by atoms with E-state index in [9.17, 15) is 9.90 Å². The number of carbonyl (C=O) groups excluding carboxylic acids is 1. The van der Waals surface area contributed by atoms with Crippen LogP contribution in [0.25, 0.3) is 10.9 Å². The Hall–Kier alpha value is -2.43. The van der Waals surface area contributed by atoms with Crippen molar-refractivity contribution >= 4 is 17.2 Å². The number of rotatable bonds is 8. The molecule has 3 aromatic rings. The largest absolute Gasteiger partial charge is 0.396 e. The summed E-state index contributed by atoms with van der Waals surface area (Å²) in [7, 11) is 0. The average molecular weight is 349 g/mol. The van der Waals surface area contributed by atoms with Crippen molar-refractivity contribution in [1.82, 2.24) is 4.98 Å². The molecule has 4 N–H and O–H groups in total. The zero-order valence-corrected chi connectivity index (χ0v) is 15.0. The van der Waals surface area contributed by atoms with Crippen LogP contribution in [0, 0.1) is 17.4 Å². The molecule has 2 aromatic carbocycles. The average Bonchev–Trinajstić information content (AvgIpc) is 3.09. The number of aliphatic hydroxyl groups excluding tert-OH is 1. The van der Waals surface area contributed by atoms with Gasteiger partial charge in [0.05, 0.1) is 6.04 Å². The number of para-hydroxylation sites is 1. The van der Waals surface area contributed by atoms with E-state index in [1.807, 2.05) is 67.7 Å². The molecule has 1 unspecified atom stereocenters. The second kappa shape index (κ2) is 7.85. The molecule has 26 heavy (non-hydrogen) atoms. The fraction of sp³-hybridized carbons (Fsp3) is 0.273. The second-order valence-electron chi connectivity index (χ2n) is 7.10. The van der Waals surface area contributed by atoms with Crippen LogP contribution in [0.5, 0.6) is 0 Å². The van der Waals surface area contributed by atoms with Gasteiger partial charge in [-0.1, -0.05) is 55.5 Å². The summed E-state index contributed by atoms with van der Waals surface area (Å²) < 4.78 is 0. The first kappa shape index (κ1) is 18.4. The third-order valence-electron chi connectivity index (χ3n) is 5.14. The number of aromatic amines is 1. The first-order valence-electron chi connectivity index (χ1n) is 8.86. The van der Waals surface area contributed by atoms with Crippen LogP contribution in [-0.2, 0) is 17.6 Å². The predicted molar refractivity (Wildman–Crippen MR) is 104 cm³/mol.